The summed E-state index contributed by atoms with van der Waals surface area (Å²) < 4.78 is 5.44. The molecule has 0 spiro atoms. The van der Waals surface area contributed by atoms with E-state index in [0.717, 1.165) is 34.9 Å². The normalized spacial score (nSPS) is 14.2. The fraction of sp³-hybridized carbons (Fsp3) is 0.320. The number of nitrogens with zero attached hydrogens (tertiary/aromatic N) is 2. The molecule has 0 atom stereocenters. The van der Waals surface area contributed by atoms with Gasteiger partial charge in [0.25, 0.3) is 11.8 Å². The summed E-state index contributed by atoms with van der Waals surface area (Å²) >= 11 is 1.42. The first-order valence-electron chi connectivity index (χ1n) is 10.9. The van der Waals surface area contributed by atoms with E-state index in [0.29, 0.717) is 30.1 Å². The van der Waals surface area contributed by atoms with Crippen LogP contribution in [0.25, 0.3) is 10.6 Å². The number of likely N-dealkylation sites (tertiary alicyclic amines) is 1. The van der Waals surface area contributed by atoms with Crippen molar-refractivity contribution in [3.8, 4) is 16.3 Å². The number of rotatable bonds is 6. The van der Waals surface area contributed by atoms with Gasteiger partial charge in [0.05, 0.1) is 12.3 Å². The lowest BCUT2D eigenvalue weighted by atomic mass is 10.0. The number of benzene rings is 2. The summed E-state index contributed by atoms with van der Waals surface area (Å²) in [5.41, 5.74) is 2.42. The first-order valence-corrected chi connectivity index (χ1v) is 11.7. The minimum absolute atomic E-state index is 0.0172. The molecule has 1 N–H and O–H groups in total. The van der Waals surface area contributed by atoms with E-state index in [1.54, 1.807) is 12.1 Å². The summed E-state index contributed by atoms with van der Waals surface area (Å²) in [5.74, 6) is 0.696. The first kappa shape index (κ1) is 22.0. The Morgan fingerprint density at radius 3 is 2.44 bits per heavy atom. The van der Waals surface area contributed by atoms with Crippen LogP contribution in [0.5, 0.6) is 5.75 Å². The van der Waals surface area contributed by atoms with Gasteiger partial charge in [-0.2, -0.15) is 0 Å². The molecule has 1 fully saturated rings. The number of carbonyl (C=O) groups excluding carboxylic acids is 2. The van der Waals surface area contributed by atoms with Gasteiger partial charge in [0, 0.05) is 30.3 Å². The Morgan fingerprint density at radius 1 is 1.09 bits per heavy atom. The monoisotopic (exact) mass is 449 g/mol. The van der Waals surface area contributed by atoms with Crippen LogP contribution in [0.15, 0.2) is 54.6 Å². The molecule has 1 aliphatic rings. The van der Waals surface area contributed by atoms with E-state index < -0.39 is 0 Å². The SMILES string of the molecule is CCOc1ccc(C(=O)N2CCC(NC(=O)c3sc(-c4ccccc4)nc3C)CC2)cc1. The molecular formula is C25H27N3O3S. The molecule has 32 heavy (non-hydrogen) atoms. The van der Waals surface area contributed by atoms with Crippen molar-refractivity contribution in [3.63, 3.8) is 0 Å². The second kappa shape index (κ2) is 9.96. The summed E-state index contributed by atoms with van der Waals surface area (Å²) in [5, 5.41) is 3.99. The van der Waals surface area contributed by atoms with Crippen LogP contribution in [0.4, 0.5) is 0 Å². The molecule has 0 bridgehead atoms. The van der Waals surface area contributed by atoms with Gasteiger partial charge in [0.1, 0.15) is 15.6 Å². The second-order valence-corrected chi connectivity index (χ2v) is 8.80. The van der Waals surface area contributed by atoms with Crippen LogP contribution in [-0.2, 0) is 0 Å². The number of aryl methyl sites for hydroxylation is 1. The zero-order valence-corrected chi connectivity index (χ0v) is 19.2. The molecule has 0 radical (unpaired) electrons. The number of nitrogens with one attached hydrogen (secondary N) is 1. The molecule has 1 saturated heterocycles. The van der Waals surface area contributed by atoms with Crippen molar-refractivity contribution in [1.82, 2.24) is 15.2 Å². The summed E-state index contributed by atoms with van der Waals surface area (Å²) in [4.78, 5) is 32.7. The zero-order valence-electron chi connectivity index (χ0n) is 18.3. The number of amides is 2. The lowest BCUT2D eigenvalue weighted by Crippen LogP contribution is -2.46. The molecular weight excluding hydrogens is 422 g/mol. The van der Waals surface area contributed by atoms with Gasteiger partial charge in [-0.25, -0.2) is 4.98 Å². The minimum atomic E-state index is -0.0847. The molecule has 3 aromatic rings. The Morgan fingerprint density at radius 2 is 1.78 bits per heavy atom. The van der Waals surface area contributed by atoms with Gasteiger partial charge in [-0.05, 0) is 51.0 Å². The van der Waals surface area contributed by atoms with Crippen molar-refractivity contribution in [3.05, 3.63) is 70.7 Å². The highest BCUT2D eigenvalue weighted by molar-refractivity contribution is 7.17. The smallest absolute Gasteiger partial charge is 0.263 e. The van der Waals surface area contributed by atoms with Crippen LogP contribution >= 0.6 is 11.3 Å². The van der Waals surface area contributed by atoms with E-state index in [9.17, 15) is 9.59 Å². The van der Waals surface area contributed by atoms with E-state index in [2.05, 4.69) is 10.3 Å². The number of aromatic nitrogens is 1. The van der Waals surface area contributed by atoms with E-state index in [4.69, 9.17) is 4.74 Å². The van der Waals surface area contributed by atoms with Crippen LogP contribution in [0.1, 0.15) is 45.5 Å². The predicted octanol–water partition coefficient (Wildman–Crippen LogP) is 4.55. The van der Waals surface area contributed by atoms with Gasteiger partial charge in [-0.3, -0.25) is 9.59 Å². The van der Waals surface area contributed by atoms with Crippen LogP contribution < -0.4 is 10.1 Å². The molecule has 1 aromatic heterocycles. The Balaban J connectivity index is 1.32. The number of thiazole rings is 1. The van der Waals surface area contributed by atoms with Crippen molar-refractivity contribution in [2.45, 2.75) is 32.7 Å². The van der Waals surface area contributed by atoms with Gasteiger partial charge in [-0.15, -0.1) is 11.3 Å². The van der Waals surface area contributed by atoms with Crippen molar-refractivity contribution < 1.29 is 14.3 Å². The predicted molar refractivity (Wildman–Crippen MR) is 126 cm³/mol. The third kappa shape index (κ3) is 4.99. The van der Waals surface area contributed by atoms with Gasteiger partial charge in [0.15, 0.2) is 0 Å². The third-order valence-corrected chi connectivity index (χ3v) is 6.76. The van der Waals surface area contributed by atoms with Crippen LogP contribution in [0.3, 0.4) is 0 Å². The molecule has 2 heterocycles. The quantitative estimate of drug-likeness (QED) is 0.599. The maximum absolute atomic E-state index is 12.9. The summed E-state index contributed by atoms with van der Waals surface area (Å²) in [6, 6.07) is 17.2. The molecule has 1 aliphatic heterocycles. The average Bonchev–Trinajstić information content (AvgIpc) is 3.22. The van der Waals surface area contributed by atoms with Crippen molar-refractivity contribution >= 4 is 23.2 Å². The highest BCUT2D eigenvalue weighted by Crippen LogP contribution is 2.28. The molecule has 166 valence electrons. The largest absolute Gasteiger partial charge is 0.494 e. The first-order chi connectivity index (χ1) is 15.5. The van der Waals surface area contributed by atoms with Crippen LogP contribution in [0, 0.1) is 6.92 Å². The van der Waals surface area contributed by atoms with E-state index in [1.165, 1.54) is 11.3 Å². The fourth-order valence-electron chi connectivity index (χ4n) is 3.83. The molecule has 0 unspecified atom stereocenters. The molecule has 2 aromatic carbocycles. The highest BCUT2D eigenvalue weighted by atomic mass is 32.1. The molecule has 0 saturated carbocycles. The van der Waals surface area contributed by atoms with E-state index in [1.807, 2.05) is 61.2 Å². The van der Waals surface area contributed by atoms with Gasteiger partial charge in [0.2, 0.25) is 0 Å². The zero-order chi connectivity index (χ0) is 22.5. The van der Waals surface area contributed by atoms with Crippen molar-refractivity contribution in [2.24, 2.45) is 0 Å². The third-order valence-electron chi connectivity index (χ3n) is 5.55. The lowest BCUT2D eigenvalue weighted by molar-refractivity contribution is 0.0698. The molecule has 0 aliphatic carbocycles. The molecule has 4 rings (SSSR count). The van der Waals surface area contributed by atoms with Crippen molar-refractivity contribution in [2.75, 3.05) is 19.7 Å². The second-order valence-electron chi connectivity index (χ2n) is 7.80. The number of ether oxygens (including phenoxy) is 1. The number of piperidine rings is 1. The van der Waals surface area contributed by atoms with Crippen molar-refractivity contribution in [1.29, 1.82) is 0 Å². The molecule has 6 nitrogen and oxygen atoms in total. The summed E-state index contributed by atoms with van der Waals surface area (Å²) in [7, 11) is 0. The Kier molecular flexibility index (Phi) is 6.85. The van der Waals surface area contributed by atoms with Crippen LogP contribution in [-0.4, -0.2) is 47.4 Å². The summed E-state index contributed by atoms with van der Waals surface area (Å²) in [6.45, 7) is 5.64. The minimum Gasteiger partial charge on any atom is -0.494 e. The van der Waals surface area contributed by atoms with Gasteiger partial charge in [-0.1, -0.05) is 30.3 Å². The van der Waals surface area contributed by atoms with E-state index in [-0.39, 0.29) is 17.9 Å². The average molecular weight is 450 g/mol. The molecule has 2 amide bonds. The fourth-order valence-corrected chi connectivity index (χ4v) is 4.81. The maximum Gasteiger partial charge on any atom is 0.263 e. The topological polar surface area (TPSA) is 71.5 Å². The lowest BCUT2D eigenvalue weighted by Gasteiger charge is -2.32. The Bertz CT molecular complexity index is 1070. The number of hydrogen-bond donors (Lipinski definition) is 1. The maximum atomic E-state index is 12.9. The molecule has 7 heteroatoms. The van der Waals surface area contributed by atoms with Gasteiger partial charge < -0.3 is 15.0 Å². The number of hydrogen-bond acceptors (Lipinski definition) is 5. The van der Waals surface area contributed by atoms with Gasteiger partial charge >= 0.3 is 0 Å². The van der Waals surface area contributed by atoms with Crippen LogP contribution in [0.2, 0.25) is 0 Å². The summed E-state index contributed by atoms with van der Waals surface area (Å²) in [6.07, 6.45) is 1.47. The van der Waals surface area contributed by atoms with E-state index >= 15 is 0 Å². The highest BCUT2D eigenvalue weighted by Gasteiger charge is 2.26. The standard InChI is InChI=1S/C25H27N3O3S/c1-3-31-21-11-9-19(10-12-21)25(30)28-15-13-20(14-16-28)27-23(29)22-17(2)26-24(32-22)18-7-5-4-6-8-18/h4-12,20H,3,13-16H2,1-2H3,(H,27,29). The Labute approximate surface area is 192 Å². The Hall–Kier alpha value is -3.19. The number of carbonyl (C=O) groups is 2.